The van der Waals surface area contributed by atoms with Crippen LogP contribution in [-0.2, 0) is 4.74 Å². The number of benzene rings is 1. The van der Waals surface area contributed by atoms with Crippen molar-refractivity contribution in [2.45, 2.75) is 33.3 Å². The third-order valence-electron chi connectivity index (χ3n) is 3.50. The Morgan fingerprint density at radius 1 is 1.14 bits per heavy atom. The molecule has 0 bridgehead atoms. The van der Waals surface area contributed by atoms with Crippen LogP contribution < -0.4 is 5.32 Å². The largest absolute Gasteiger partial charge is 0.374 e. The smallest absolute Gasteiger partial charge is 0.148 e. The number of aryl methyl sites for hydroxylation is 2. The van der Waals surface area contributed by atoms with Gasteiger partial charge in [0.1, 0.15) is 5.82 Å². The molecule has 0 aliphatic carbocycles. The van der Waals surface area contributed by atoms with Gasteiger partial charge >= 0.3 is 0 Å². The average molecular weight is 285 g/mol. The highest BCUT2D eigenvalue weighted by Gasteiger charge is 2.04. The first-order valence-corrected chi connectivity index (χ1v) is 7.38. The van der Waals surface area contributed by atoms with Crippen molar-refractivity contribution in [3.05, 3.63) is 53.2 Å². The van der Waals surface area contributed by atoms with Crippen molar-refractivity contribution in [3.8, 4) is 0 Å². The first-order valence-electron chi connectivity index (χ1n) is 7.38. The molecular weight excluding hydrogens is 262 g/mol. The van der Waals surface area contributed by atoms with Crippen LogP contribution in [0, 0.1) is 13.8 Å². The lowest BCUT2D eigenvalue weighted by molar-refractivity contribution is 0.0656. The van der Waals surface area contributed by atoms with E-state index in [0.29, 0.717) is 0 Å². The fourth-order valence-corrected chi connectivity index (χ4v) is 2.00. The van der Waals surface area contributed by atoms with Crippen LogP contribution in [0.2, 0.25) is 0 Å². The van der Waals surface area contributed by atoms with Crippen LogP contribution in [0.3, 0.4) is 0 Å². The number of anilines is 1. The SMILES string of the molecule is Cc1cc(NCCCOC(C)c2ccccc2)nnc1C. The Labute approximate surface area is 126 Å². The highest BCUT2D eigenvalue weighted by Crippen LogP contribution is 2.16. The summed E-state index contributed by atoms with van der Waals surface area (Å²) in [6.07, 6.45) is 1.07. The number of rotatable bonds is 7. The van der Waals surface area contributed by atoms with Crippen molar-refractivity contribution in [1.82, 2.24) is 10.2 Å². The second-order valence-electron chi connectivity index (χ2n) is 5.20. The highest BCUT2D eigenvalue weighted by atomic mass is 16.5. The fraction of sp³-hybridized carbons (Fsp3) is 0.412. The molecule has 1 atom stereocenters. The van der Waals surface area contributed by atoms with Gasteiger partial charge in [-0.25, -0.2) is 0 Å². The monoisotopic (exact) mass is 285 g/mol. The van der Waals surface area contributed by atoms with Gasteiger partial charge in [-0.1, -0.05) is 30.3 Å². The molecule has 1 N–H and O–H groups in total. The second-order valence-corrected chi connectivity index (χ2v) is 5.20. The molecule has 21 heavy (non-hydrogen) atoms. The Morgan fingerprint density at radius 3 is 2.62 bits per heavy atom. The summed E-state index contributed by atoms with van der Waals surface area (Å²) in [6, 6.07) is 12.3. The molecule has 1 aromatic carbocycles. The molecule has 1 aromatic heterocycles. The Kier molecular flexibility index (Phi) is 5.69. The van der Waals surface area contributed by atoms with E-state index in [4.69, 9.17) is 4.74 Å². The van der Waals surface area contributed by atoms with Crippen molar-refractivity contribution in [3.63, 3.8) is 0 Å². The van der Waals surface area contributed by atoms with E-state index in [1.807, 2.05) is 38.1 Å². The molecule has 0 amide bonds. The van der Waals surface area contributed by atoms with Gasteiger partial charge in [0.15, 0.2) is 0 Å². The Hall–Kier alpha value is -1.94. The van der Waals surface area contributed by atoms with Crippen LogP contribution in [0.5, 0.6) is 0 Å². The molecule has 112 valence electrons. The van der Waals surface area contributed by atoms with Crippen molar-refractivity contribution in [2.75, 3.05) is 18.5 Å². The van der Waals surface area contributed by atoms with Crippen LogP contribution in [0.1, 0.15) is 36.3 Å². The number of hydrogen-bond acceptors (Lipinski definition) is 4. The van der Waals surface area contributed by atoms with Crippen molar-refractivity contribution < 1.29 is 4.74 Å². The fourth-order valence-electron chi connectivity index (χ4n) is 2.00. The van der Waals surface area contributed by atoms with Gasteiger partial charge in [0.05, 0.1) is 11.8 Å². The summed E-state index contributed by atoms with van der Waals surface area (Å²) in [4.78, 5) is 0. The third-order valence-corrected chi connectivity index (χ3v) is 3.50. The minimum atomic E-state index is 0.132. The summed E-state index contributed by atoms with van der Waals surface area (Å²) < 4.78 is 5.83. The number of aromatic nitrogens is 2. The van der Waals surface area contributed by atoms with Gasteiger partial charge in [-0.05, 0) is 44.4 Å². The molecule has 0 spiro atoms. The van der Waals surface area contributed by atoms with Gasteiger partial charge in [0.2, 0.25) is 0 Å². The molecule has 4 heteroatoms. The van der Waals surface area contributed by atoms with E-state index in [1.165, 1.54) is 5.56 Å². The number of ether oxygens (including phenoxy) is 1. The van der Waals surface area contributed by atoms with Gasteiger partial charge < -0.3 is 10.1 Å². The van der Waals surface area contributed by atoms with Gasteiger partial charge in [0, 0.05) is 13.2 Å². The molecule has 0 saturated carbocycles. The minimum Gasteiger partial charge on any atom is -0.374 e. The van der Waals surface area contributed by atoms with E-state index in [1.54, 1.807) is 0 Å². The van der Waals surface area contributed by atoms with Gasteiger partial charge in [-0.15, -0.1) is 5.10 Å². The number of nitrogens with one attached hydrogen (secondary N) is 1. The maximum atomic E-state index is 5.83. The van der Waals surface area contributed by atoms with Gasteiger partial charge in [-0.2, -0.15) is 5.10 Å². The van der Waals surface area contributed by atoms with E-state index < -0.39 is 0 Å². The molecule has 2 aromatic rings. The Balaban J connectivity index is 1.67. The summed E-state index contributed by atoms with van der Waals surface area (Å²) in [5.74, 6) is 0.828. The molecule has 2 rings (SSSR count). The van der Waals surface area contributed by atoms with Crippen LogP contribution in [-0.4, -0.2) is 23.3 Å². The molecule has 0 aliphatic heterocycles. The lowest BCUT2D eigenvalue weighted by Crippen LogP contribution is -2.09. The van der Waals surface area contributed by atoms with E-state index in [9.17, 15) is 0 Å². The lowest BCUT2D eigenvalue weighted by Gasteiger charge is -2.13. The Morgan fingerprint density at radius 2 is 1.90 bits per heavy atom. The quantitative estimate of drug-likeness (QED) is 0.788. The molecule has 1 unspecified atom stereocenters. The van der Waals surface area contributed by atoms with Crippen molar-refractivity contribution >= 4 is 5.82 Å². The minimum absolute atomic E-state index is 0.132. The number of nitrogens with zero attached hydrogens (tertiary/aromatic N) is 2. The molecule has 0 radical (unpaired) electrons. The van der Waals surface area contributed by atoms with Crippen LogP contribution in [0.25, 0.3) is 0 Å². The van der Waals surface area contributed by atoms with E-state index in [2.05, 4.69) is 34.6 Å². The van der Waals surface area contributed by atoms with Crippen LogP contribution in [0.4, 0.5) is 5.82 Å². The zero-order valence-corrected chi connectivity index (χ0v) is 13.0. The third kappa shape index (κ3) is 4.83. The predicted octanol–water partition coefficient (Wildman–Crippen LogP) is 3.67. The van der Waals surface area contributed by atoms with Crippen molar-refractivity contribution in [2.24, 2.45) is 0 Å². The summed E-state index contributed by atoms with van der Waals surface area (Å²) in [5, 5.41) is 11.5. The molecule has 1 heterocycles. The van der Waals surface area contributed by atoms with Gasteiger partial charge in [0.25, 0.3) is 0 Å². The number of hydrogen-bond donors (Lipinski definition) is 1. The molecule has 0 saturated heterocycles. The second kappa shape index (κ2) is 7.74. The van der Waals surface area contributed by atoms with Crippen LogP contribution in [0.15, 0.2) is 36.4 Å². The maximum absolute atomic E-state index is 5.83. The zero-order chi connectivity index (χ0) is 15.1. The van der Waals surface area contributed by atoms with E-state index in [0.717, 1.165) is 36.6 Å². The topological polar surface area (TPSA) is 47.0 Å². The normalized spacial score (nSPS) is 12.1. The van der Waals surface area contributed by atoms with E-state index >= 15 is 0 Å². The predicted molar refractivity (Wildman–Crippen MR) is 85.4 cm³/mol. The Bertz CT molecular complexity index is 557. The summed E-state index contributed by atoms with van der Waals surface area (Å²) in [5.41, 5.74) is 3.34. The molecule has 0 fully saturated rings. The standard InChI is InChI=1S/C17H23N3O/c1-13-12-17(20-19-14(13)2)18-10-7-11-21-15(3)16-8-5-4-6-9-16/h4-6,8-9,12,15H,7,10-11H2,1-3H3,(H,18,20). The summed E-state index contributed by atoms with van der Waals surface area (Å²) in [7, 11) is 0. The molecule has 4 nitrogen and oxygen atoms in total. The highest BCUT2D eigenvalue weighted by molar-refractivity contribution is 5.37. The van der Waals surface area contributed by atoms with E-state index in [-0.39, 0.29) is 6.10 Å². The first-order chi connectivity index (χ1) is 10.2. The first kappa shape index (κ1) is 15.4. The lowest BCUT2D eigenvalue weighted by atomic mass is 10.1. The van der Waals surface area contributed by atoms with Crippen LogP contribution >= 0.6 is 0 Å². The average Bonchev–Trinajstić information content (AvgIpc) is 2.51. The van der Waals surface area contributed by atoms with Crippen molar-refractivity contribution in [1.29, 1.82) is 0 Å². The maximum Gasteiger partial charge on any atom is 0.148 e. The molecule has 0 aliphatic rings. The van der Waals surface area contributed by atoms with Gasteiger partial charge in [-0.3, -0.25) is 0 Å². The summed E-state index contributed by atoms with van der Waals surface area (Å²) in [6.45, 7) is 7.64. The summed E-state index contributed by atoms with van der Waals surface area (Å²) >= 11 is 0. The zero-order valence-electron chi connectivity index (χ0n) is 13.0. The molecular formula is C17H23N3O.